The molecule has 0 aromatic heterocycles. The van der Waals surface area contributed by atoms with Crippen LogP contribution >= 0.6 is 11.6 Å². The van der Waals surface area contributed by atoms with Crippen LogP contribution in [0.3, 0.4) is 0 Å². The number of carboxylic acids is 1. The van der Waals surface area contributed by atoms with Crippen LogP contribution in [0, 0.1) is 0 Å². The van der Waals surface area contributed by atoms with Gasteiger partial charge < -0.3 is 9.94 Å². The third kappa shape index (κ3) is 2.23. The van der Waals surface area contributed by atoms with Crippen molar-refractivity contribution in [3.8, 4) is 0 Å². The lowest BCUT2D eigenvalue weighted by atomic mass is 10.1. The lowest BCUT2D eigenvalue weighted by Gasteiger charge is -2.02. The average Bonchev–Trinajstić information content (AvgIpc) is 2.15. The van der Waals surface area contributed by atoms with E-state index in [0.717, 1.165) is 0 Å². The van der Waals surface area contributed by atoms with Crippen LogP contribution in [0.5, 0.6) is 0 Å². The Hall–Kier alpha value is -1.55. The zero-order chi connectivity index (χ0) is 10.6. The van der Waals surface area contributed by atoms with E-state index in [1.807, 2.05) is 0 Å². The topological polar surface area (TPSA) is 58.9 Å². The molecule has 14 heavy (non-hydrogen) atoms. The standard InChI is InChI=1S/C9H8ClNO3/c1-14-11-8(9(12)13)6-4-2-3-5-7(6)10/h2-5H,1H3,(H,12,13)/b11-8+. The monoisotopic (exact) mass is 213 g/mol. The fourth-order valence-corrected chi connectivity index (χ4v) is 1.17. The molecule has 0 fully saturated rings. The molecule has 1 N–H and O–H groups in total. The number of carbonyl (C=O) groups is 1. The average molecular weight is 214 g/mol. The van der Waals surface area contributed by atoms with Gasteiger partial charge in [-0.05, 0) is 6.07 Å². The second kappa shape index (κ2) is 4.62. The highest BCUT2D eigenvalue weighted by molar-refractivity contribution is 6.46. The van der Waals surface area contributed by atoms with Crippen molar-refractivity contribution < 1.29 is 14.7 Å². The Bertz CT molecular complexity index is 376. The number of nitrogens with zero attached hydrogens (tertiary/aromatic N) is 1. The van der Waals surface area contributed by atoms with Crippen molar-refractivity contribution >= 4 is 23.3 Å². The Morgan fingerprint density at radius 1 is 1.50 bits per heavy atom. The zero-order valence-corrected chi connectivity index (χ0v) is 8.15. The second-order valence-corrected chi connectivity index (χ2v) is 2.81. The largest absolute Gasteiger partial charge is 0.476 e. The number of halogens is 1. The summed E-state index contributed by atoms with van der Waals surface area (Å²) in [6, 6.07) is 6.53. The van der Waals surface area contributed by atoms with Gasteiger partial charge in [-0.3, -0.25) is 0 Å². The summed E-state index contributed by atoms with van der Waals surface area (Å²) in [6.07, 6.45) is 0. The molecule has 0 unspecified atom stereocenters. The van der Waals surface area contributed by atoms with Gasteiger partial charge in [-0.2, -0.15) is 0 Å². The van der Waals surface area contributed by atoms with Crippen LogP contribution in [0.2, 0.25) is 5.02 Å². The number of rotatable bonds is 3. The minimum atomic E-state index is -1.18. The van der Waals surface area contributed by atoms with E-state index in [-0.39, 0.29) is 5.71 Å². The number of oxime groups is 1. The summed E-state index contributed by atoms with van der Waals surface area (Å²) in [5, 5.41) is 12.5. The quantitative estimate of drug-likeness (QED) is 0.615. The molecule has 0 aliphatic rings. The van der Waals surface area contributed by atoms with Crippen molar-refractivity contribution in [1.29, 1.82) is 0 Å². The van der Waals surface area contributed by atoms with Gasteiger partial charge in [-0.25, -0.2) is 4.79 Å². The van der Waals surface area contributed by atoms with Gasteiger partial charge >= 0.3 is 5.97 Å². The predicted molar refractivity (Wildman–Crippen MR) is 52.6 cm³/mol. The van der Waals surface area contributed by atoms with Gasteiger partial charge in [0.25, 0.3) is 0 Å². The van der Waals surface area contributed by atoms with E-state index in [4.69, 9.17) is 16.7 Å². The molecule has 1 aromatic carbocycles. The van der Waals surface area contributed by atoms with Gasteiger partial charge in [0.2, 0.25) is 0 Å². The van der Waals surface area contributed by atoms with Crippen molar-refractivity contribution in [1.82, 2.24) is 0 Å². The maximum atomic E-state index is 10.8. The van der Waals surface area contributed by atoms with Crippen molar-refractivity contribution in [3.63, 3.8) is 0 Å². The molecule has 4 nitrogen and oxygen atoms in total. The SMILES string of the molecule is CO/N=C(/C(=O)O)c1ccccc1Cl. The molecule has 0 atom stereocenters. The highest BCUT2D eigenvalue weighted by Gasteiger charge is 2.15. The molecule has 0 heterocycles. The van der Waals surface area contributed by atoms with Crippen molar-refractivity contribution in [2.75, 3.05) is 7.11 Å². The molecule has 1 aromatic rings. The Morgan fingerprint density at radius 2 is 2.14 bits per heavy atom. The highest BCUT2D eigenvalue weighted by atomic mass is 35.5. The molecule has 0 aliphatic heterocycles. The Morgan fingerprint density at radius 3 is 2.64 bits per heavy atom. The molecule has 0 radical (unpaired) electrons. The molecule has 0 saturated carbocycles. The van der Waals surface area contributed by atoms with Gasteiger partial charge in [-0.15, -0.1) is 0 Å². The molecule has 0 saturated heterocycles. The predicted octanol–water partition coefficient (Wildman–Crippen LogP) is 1.78. The van der Waals surface area contributed by atoms with E-state index in [2.05, 4.69) is 9.99 Å². The molecule has 0 amide bonds. The number of aliphatic carboxylic acids is 1. The summed E-state index contributed by atoms with van der Waals surface area (Å²) in [6.45, 7) is 0. The third-order valence-corrected chi connectivity index (χ3v) is 1.84. The first-order valence-corrected chi connectivity index (χ1v) is 4.14. The second-order valence-electron chi connectivity index (χ2n) is 2.41. The molecular formula is C9H8ClNO3. The molecule has 0 bridgehead atoms. The van der Waals surface area contributed by atoms with Crippen LogP contribution in [-0.2, 0) is 9.63 Å². The van der Waals surface area contributed by atoms with Gasteiger partial charge in [0, 0.05) is 5.56 Å². The van der Waals surface area contributed by atoms with Crippen LogP contribution in [0.4, 0.5) is 0 Å². The van der Waals surface area contributed by atoms with Crippen LogP contribution in [0.1, 0.15) is 5.56 Å². The minimum absolute atomic E-state index is 0.210. The Balaban J connectivity index is 3.19. The normalized spacial score (nSPS) is 11.1. The fraction of sp³-hybridized carbons (Fsp3) is 0.111. The van der Waals surface area contributed by atoms with Gasteiger partial charge in [0.1, 0.15) is 7.11 Å². The van der Waals surface area contributed by atoms with Gasteiger partial charge in [0.05, 0.1) is 5.02 Å². The maximum absolute atomic E-state index is 10.8. The van der Waals surface area contributed by atoms with Crippen molar-refractivity contribution in [2.45, 2.75) is 0 Å². The summed E-state index contributed by atoms with van der Waals surface area (Å²) < 4.78 is 0. The molecule has 0 aliphatic carbocycles. The molecule has 5 heteroatoms. The first kappa shape index (κ1) is 10.5. The van der Waals surface area contributed by atoms with E-state index in [0.29, 0.717) is 10.6 Å². The Kier molecular flexibility index (Phi) is 3.48. The summed E-state index contributed by atoms with van der Waals surface area (Å²) in [5.74, 6) is -1.18. The van der Waals surface area contributed by atoms with E-state index in [9.17, 15) is 4.79 Å². The number of carboxylic acid groups (broad SMARTS) is 1. The molecule has 0 spiro atoms. The summed E-state index contributed by atoms with van der Waals surface area (Å²) in [4.78, 5) is 15.2. The van der Waals surface area contributed by atoms with Crippen LogP contribution in [0.25, 0.3) is 0 Å². The summed E-state index contributed by atoms with van der Waals surface area (Å²) in [5.41, 5.74) is 0.126. The zero-order valence-electron chi connectivity index (χ0n) is 7.40. The van der Waals surface area contributed by atoms with E-state index < -0.39 is 5.97 Å². The van der Waals surface area contributed by atoms with E-state index in [1.54, 1.807) is 24.3 Å². The van der Waals surface area contributed by atoms with Crippen LogP contribution < -0.4 is 0 Å². The first-order valence-electron chi connectivity index (χ1n) is 3.76. The lowest BCUT2D eigenvalue weighted by molar-refractivity contribution is -0.129. The van der Waals surface area contributed by atoms with Crippen molar-refractivity contribution in [3.05, 3.63) is 34.9 Å². The third-order valence-electron chi connectivity index (χ3n) is 1.51. The number of hydrogen-bond donors (Lipinski definition) is 1. The summed E-state index contributed by atoms with van der Waals surface area (Å²) >= 11 is 5.80. The minimum Gasteiger partial charge on any atom is -0.476 e. The Labute approximate surface area is 85.7 Å². The molecule has 1 rings (SSSR count). The number of benzene rings is 1. The van der Waals surface area contributed by atoms with Gasteiger partial charge in [-0.1, -0.05) is 35.0 Å². The lowest BCUT2D eigenvalue weighted by Crippen LogP contribution is -2.15. The van der Waals surface area contributed by atoms with E-state index in [1.165, 1.54) is 7.11 Å². The summed E-state index contributed by atoms with van der Waals surface area (Å²) in [7, 11) is 1.28. The van der Waals surface area contributed by atoms with Crippen LogP contribution in [0.15, 0.2) is 29.4 Å². The molecule has 74 valence electrons. The highest BCUT2D eigenvalue weighted by Crippen LogP contribution is 2.16. The van der Waals surface area contributed by atoms with Gasteiger partial charge in [0.15, 0.2) is 5.71 Å². The van der Waals surface area contributed by atoms with Crippen LogP contribution in [-0.4, -0.2) is 23.9 Å². The molecular weight excluding hydrogens is 206 g/mol. The van der Waals surface area contributed by atoms with Crippen molar-refractivity contribution in [2.24, 2.45) is 5.16 Å². The maximum Gasteiger partial charge on any atom is 0.358 e. The number of hydrogen-bond acceptors (Lipinski definition) is 3. The smallest absolute Gasteiger partial charge is 0.358 e. The fourth-order valence-electron chi connectivity index (χ4n) is 0.948. The first-order chi connectivity index (χ1) is 6.66. The van der Waals surface area contributed by atoms with E-state index >= 15 is 0 Å².